The lowest BCUT2D eigenvalue weighted by Crippen LogP contribution is -2.39. The van der Waals surface area contributed by atoms with E-state index in [0.717, 1.165) is 0 Å². The van der Waals surface area contributed by atoms with Crippen molar-refractivity contribution in [3.8, 4) is 0 Å². The number of methoxy groups -OCH3 is 1. The van der Waals surface area contributed by atoms with Crippen molar-refractivity contribution in [1.82, 2.24) is 0 Å². The first kappa shape index (κ1) is 16.1. The molecule has 23 heavy (non-hydrogen) atoms. The van der Waals surface area contributed by atoms with Crippen LogP contribution in [-0.4, -0.2) is 25.3 Å². The van der Waals surface area contributed by atoms with Crippen LogP contribution in [0.2, 0.25) is 5.02 Å². The van der Waals surface area contributed by atoms with Crippen molar-refractivity contribution in [2.75, 3.05) is 7.11 Å². The van der Waals surface area contributed by atoms with Crippen LogP contribution in [0.15, 0.2) is 24.3 Å². The minimum Gasteiger partial charge on any atom is -0.468 e. The monoisotopic (exact) mass is 340 g/mol. The van der Waals surface area contributed by atoms with Gasteiger partial charge in [-0.15, -0.1) is 0 Å². The lowest BCUT2D eigenvalue weighted by Gasteiger charge is -2.35. The molecule has 2 atom stereocenters. The number of ketones is 1. The second kappa shape index (κ2) is 5.71. The number of ether oxygens (including phenoxy) is 1. The molecule has 2 aliphatic carbocycles. The Morgan fingerprint density at radius 2 is 2.17 bits per heavy atom. The first-order valence-electron chi connectivity index (χ1n) is 7.30. The molecule has 1 aromatic carbocycles. The van der Waals surface area contributed by atoms with Gasteiger partial charge >= 0.3 is 5.97 Å². The van der Waals surface area contributed by atoms with Crippen LogP contribution in [0.3, 0.4) is 0 Å². The molecule has 0 bridgehead atoms. The molecule has 1 saturated carbocycles. The van der Waals surface area contributed by atoms with Gasteiger partial charge in [-0.2, -0.15) is 0 Å². The first-order valence-corrected chi connectivity index (χ1v) is 7.68. The Hall–Kier alpha value is -1.75. The maximum absolute atomic E-state index is 13.4. The van der Waals surface area contributed by atoms with Gasteiger partial charge < -0.3 is 4.74 Å². The number of allylic oxidation sites excluding steroid dienone is 2. The summed E-state index contributed by atoms with van der Waals surface area (Å²) in [4.78, 5) is 24.0. The van der Waals surface area contributed by atoms with Gasteiger partial charge in [-0.05, 0) is 24.5 Å². The Morgan fingerprint density at radius 1 is 1.43 bits per heavy atom. The number of carbonyl (C=O) groups excluding carboxylic acids is 2. The molecule has 122 valence electrons. The summed E-state index contributed by atoms with van der Waals surface area (Å²) >= 11 is 6.12. The van der Waals surface area contributed by atoms with E-state index >= 15 is 0 Å². The first-order chi connectivity index (χ1) is 10.9. The molecule has 1 spiro atoms. The number of carbonyl (C=O) groups is 2. The normalized spacial score (nSPS) is 26.4. The van der Waals surface area contributed by atoms with E-state index in [1.807, 2.05) is 0 Å². The molecule has 0 aliphatic heterocycles. The molecule has 1 fully saturated rings. The Labute approximate surface area is 137 Å². The van der Waals surface area contributed by atoms with Gasteiger partial charge in [-0.1, -0.05) is 29.8 Å². The molecule has 3 nitrogen and oxygen atoms in total. The molecule has 0 radical (unpaired) electrons. The Morgan fingerprint density at radius 3 is 2.78 bits per heavy atom. The van der Waals surface area contributed by atoms with Gasteiger partial charge in [0.05, 0.1) is 7.11 Å². The predicted molar refractivity (Wildman–Crippen MR) is 81.5 cm³/mol. The number of hydrogen-bond donors (Lipinski definition) is 0. The summed E-state index contributed by atoms with van der Waals surface area (Å²) in [6.07, 6.45) is -0.468. The molecular formula is C17H15ClF2O3. The number of Topliss-reactive ketones (excluding diaryl/α,β-unsaturated/α-hetero) is 1. The van der Waals surface area contributed by atoms with Gasteiger partial charge in [0.2, 0.25) is 0 Å². The zero-order valence-corrected chi connectivity index (χ0v) is 13.2. The molecule has 3 rings (SSSR count). The van der Waals surface area contributed by atoms with Gasteiger partial charge in [-0.25, -0.2) is 8.78 Å². The quantitative estimate of drug-likeness (QED) is 0.608. The molecule has 0 amide bonds. The highest BCUT2D eigenvalue weighted by atomic mass is 35.5. The molecule has 0 aromatic heterocycles. The van der Waals surface area contributed by atoms with Crippen LogP contribution in [0.1, 0.15) is 30.4 Å². The SMILES string of the molecule is COC(=O)C1CC[C@@]2(C=C(C(F)F)c3c(Cl)cccc32)CC1=O. The number of fused-ring (bicyclic) bond motifs is 2. The van der Waals surface area contributed by atoms with Crippen LogP contribution in [0.25, 0.3) is 5.57 Å². The predicted octanol–water partition coefficient (Wildman–Crippen LogP) is 3.78. The summed E-state index contributed by atoms with van der Waals surface area (Å²) in [6, 6.07) is 5.00. The molecular weight excluding hydrogens is 326 g/mol. The fourth-order valence-electron chi connectivity index (χ4n) is 3.68. The molecule has 1 aromatic rings. The average molecular weight is 341 g/mol. The third-order valence-corrected chi connectivity index (χ3v) is 5.06. The van der Waals surface area contributed by atoms with Crippen molar-refractivity contribution in [3.05, 3.63) is 40.4 Å². The maximum Gasteiger partial charge on any atom is 0.316 e. The maximum atomic E-state index is 13.4. The summed E-state index contributed by atoms with van der Waals surface area (Å²) in [5.41, 5.74) is 0.0495. The van der Waals surface area contributed by atoms with Crippen LogP contribution in [0.5, 0.6) is 0 Å². The minimum atomic E-state index is -2.67. The average Bonchev–Trinajstić information content (AvgIpc) is 2.83. The van der Waals surface area contributed by atoms with Crippen molar-refractivity contribution in [3.63, 3.8) is 0 Å². The van der Waals surface area contributed by atoms with Crippen LogP contribution in [-0.2, 0) is 19.7 Å². The van der Waals surface area contributed by atoms with Gasteiger partial charge in [-0.3, -0.25) is 9.59 Å². The number of hydrogen-bond acceptors (Lipinski definition) is 3. The Balaban J connectivity index is 2.04. The lowest BCUT2D eigenvalue weighted by atomic mass is 9.67. The zero-order valence-electron chi connectivity index (χ0n) is 12.4. The highest BCUT2D eigenvalue weighted by molar-refractivity contribution is 6.32. The zero-order chi connectivity index (χ0) is 16.8. The van der Waals surface area contributed by atoms with Crippen LogP contribution in [0, 0.1) is 5.92 Å². The van der Waals surface area contributed by atoms with E-state index in [2.05, 4.69) is 4.74 Å². The highest BCUT2D eigenvalue weighted by Gasteiger charge is 2.48. The molecule has 1 unspecified atom stereocenters. The van der Waals surface area contributed by atoms with E-state index in [0.29, 0.717) is 17.5 Å². The fourth-order valence-corrected chi connectivity index (χ4v) is 3.97. The second-order valence-corrected chi connectivity index (χ2v) is 6.38. The van der Waals surface area contributed by atoms with E-state index in [-0.39, 0.29) is 29.2 Å². The van der Waals surface area contributed by atoms with Gasteiger partial charge in [0.25, 0.3) is 6.43 Å². The largest absolute Gasteiger partial charge is 0.468 e. The standard InChI is InChI=1S/C17H15ClF2O3/c1-23-16(22)9-5-6-17(8-13(9)21)7-10(15(19)20)14-11(17)3-2-4-12(14)18/h2-4,7,9,15H,5-6,8H2,1H3/t9?,17-/m1/s1. The number of halogens is 3. The summed E-state index contributed by atoms with van der Waals surface area (Å²) in [6.45, 7) is 0. The van der Waals surface area contributed by atoms with E-state index in [1.54, 1.807) is 18.2 Å². The molecule has 2 aliphatic rings. The topological polar surface area (TPSA) is 43.4 Å². The van der Waals surface area contributed by atoms with E-state index in [4.69, 9.17) is 11.6 Å². The molecule has 0 heterocycles. The van der Waals surface area contributed by atoms with E-state index in [1.165, 1.54) is 13.2 Å². The molecule has 6 heteroatoms. The van der Waals surface area contributed by atoms with Crippen molar-refractivity contribution in [2.45, 2.75) is 31.1 Å². The summed E-state index contributed by atoms with van der Waals surface area (Å²) < 4.78 is 31.5. The van der Waals surface area contributed by atoms with Crippen molar-refractivity contribution < 1.29 is 23.1 Å². The van der Waals surface area contributed by atoms with Crippen molar-refractivity contribution >= 4 is 28.9 Å². The third kappa shape index (κ3) is 2.47. The summed E-state index contributed by atoms with van der Waals surface area (Å²) in [5, 5.41) is 0.258. The van der Waals surface area contributed by atoms with E-state index in [9.17, 15) is 18.4 Å². The van der Waals surface area contributed by atoms with Gasteiger partial charge in [0.15, 0.2) is 0 Å². The molecule has 0 N–H and O–H groups in total. The number of benzene rings is 1. The van der Waals surface area contributed by atoms with Gasteiger partial charge in [0, 0.05) is 28.0 Å². The van der Waals surface area contributed by atoms with Crippen LogP contribution in [0.4, 0.5) is 8.78 Å². The van der Waals surface area contributed by atoms with Crippen LogP contribution < -0.4 is 0 Å². The second-order valence-electron chi connectivity index (χ2n) is 5.98. The van der Waals surface area contributed by atoms with Crippen LogP contribution >= 0.6 is 11.6 Å². The van der Waals surface area contributed by atoms with Crippen molar-refractivity contribution in [2.24, 2.45) is 5.92 Å². The third-order valence-electron chi connectivity index (χ3n) is 4.75. The Kier molecular flexibility index (Phi) is 4.00. The van der Waals surface area contributed by atoms with Crippen molar-refractivity contribution in [1.29, 1.82) is 0 Å². The van der Waals surface area contributed by atoms with Gasteiger partial charge in [0.1, 0.15) is 11.7 Å². The number of esters is 1. The minimum absolute atomic E-state index is 0.0102. The fraction of sp³-hybridized carbons (Fsp3) is 0.412. The summed E-state index contributed by atoms with van der Waals surface area (Å²) in [7, 11) is 1.24. The Bertz CT molecular complexity index is 714. The molecule has 0 saturated heterocycles. The number of rotatable bonds is 2. The highest BCUT2D eigenvalue weighted by Crippen LogP contribution is 2.52. The lowest BCUT2D eigenvalue weighted by molar-refractivity contribution is -0.151. The van der Waals surface area contributed by atoms with E-state index < -0.39 is 23.7 Å². The number of alkyl halides is 2. The smallest absolute Gasteiger partial charge is 0.316 e. The summed E-state index contributed by atoms with van der Waals surface area (Å²) in [5.74, 6) is -1.65.